The van der Waals surface area contributed by atoms with E-state index in [1.54, 1.807) is 44.8 Å². The summed E-state index contributed by atoms with van der Waals surface area (Å²) in [7, 11) is 3.10. The van der Waals surface area contributed by atoms with Crippen LogP contribution in [0.4, 0.5) is 0 Å². The summed E-state index contributed by atoms with van der Waals surface area (Å²) in [5.41, 5.74) is 2.13. The second-order valence-corrected chi connectivity index (χ2v) is 13.0. The molecule has 0 saturated carbocycles. The van der Waals surface area contributed by atoms with Gasteiger partial charge in [-0.05, 0) is 61.3 Å². The molecule has 12 heteroatoms. The van der Waals surface area contributed by atoms with Crippen molar-refractivity contribution < 1.29 is 33.5 Å². The number of nitrogens with one attached hydrogen (secondary N) is 2. The molecule has 1 aliphatic rings. The van der Waals surface area contributed by atoms with Crippen LogP contribution in [0.3, 0.4) is 0 Å². The van der Waals surface area contributed by atoms with Crippen molar-refractivity contribution in [2.45, 2.75) is 38.0 Å². The van der Waals surface area contributed by atoms with Gasteiger partial charge in [0.05, 0.1) is 14.2 Å². The Morgan fingerprint density at radius 1 is 0.936 bits per heavy atom. The van der Waals surface area contributed by atoms with Crippen LogP contribution >= 0.6 is 34.5 Å². The number of thiophene rings is 1. The average Bonchev–Trinajstić information content (AvgIpc) is 3.79. The summed E-state index contributed by atoms with van der Waals surface area (Å²) >= 11 is 14.2. The van der Waals surface area contributed by atoms with Crippen molar-refractivity contribution in [1.29, 1.82) is 0 Å². The van der Waals surface area contributed by atoms with Gasteiger partial charge in [0.1, 0.15) is 33.7 Å². The topological polar surface area (TPSA) is 100 Å². The number of methoxy groups -OCH3 is 2. The summed E-state index contributed by atoms with van der Waals surface area (Å²) in [5, 5.41) is 4.17. The number of nitrogens with zero attached hydrogens (tertiary/aromatic N) is 1. The fourth-order valence-corrected chi connectivity index (χ4v) is 6.83. The van der Waals surface area contributed by atoms with Crippen molar-refractivity contribution in [3.63, 3.8) is 0 Å². The Morgan fingerprint density at radius 2 is 1.66 bits per heavy atom. The Bertz CT molecular complexity index is 1630. The van der Waals surface area contributed by atoms with E-state index in [-0.39, 0.29) is 12.4 Å². The first kappa shape index (κ1) is 34.7. The molecule has 4 aromatic rings. The molecule has 9 nitrogen and oxygen atoms in total. The number of ether oxygens (including phenoxy) is 4. The molecule has 1 aliphatic heterocycles. The molecular weight excluding hydrogens is 661 g/mol. The van der Waals surface area contributed by atoms with Gasteiger partial charge in [0, 0.05) is 30.0 Å². The lowest BCUT2D eigenvalue weighted by Crippen LogP contribution is -2.32. The largest absolute Gasteiger partial charge is 0.493 e. The van der Waals surface area contributed by atoms with Crippen LogP contribution in [-0.2, 0) is 27.2 Å². The highest BCUT2D eigenvalue weighted by molar-refractivity contribution is 7.13. The third-order valence-electron chi connectivity index (χ3n) is 7.98. The van der Waals surface area contributed by atoms with E-state index in [9.17, 15) is 9.59 Å². The van der Waals surface area contributed by atoms with Crippen molar-refractivity contribution in [3.05, 3.63) is 110 Å². The molecule has 47 heavy (non-hydrogen) atoms. The minimum Gasteiger partial charge on any atom is -0.493 e. The minimum absolute atomic E-state index is 0.228. The Hall–Kier alpha value is -3.67. The summed E-state index contributed by atoms with van der Waals surface area (Å²) in [4.78, 5) is 33.2. The predicted octanol–water partition coefficient (Wildman–Crippen LogP) is 6.50. The lowest BCUT2D eigenvalue weighted by Gasteiger charge is -2.20. The molecule has 2 aromatic heterocycles. The predicted molar refractivity (Wildman–Crippen MR) is 181 cm³/mol. The van der Waals surface area contributed by atoms with Crippen LogP contribution in [0.5, 0.6) is 11.5 Å². The lowest BCUT2D eigenvalue weighted by atomic mass is 10.0. The standard InChI is InChI=1S/C35H37Cl2N3O6S/c1-43-29-12-10-24(18-31(29)44-2)30(19-26-27(36)21-38-22-28(26)37)46-34(41)32-13-11-25(47-32)20-39-33(23-8-4-3-5-9-23)35(42)45-17-16-40-14-6-7-15-40/h3-5,8-13,18,21-22,30,33,39H,6-7,14-17,19-20H2,1-2H3/p+1/t30-,33?/m0/s1. The fourth-order valence-electron chi connectivity index (χ4n) is 5.46. The number of H-pyrrole nitrogens is 1. The first-order valence-electron chi connectivity index (χ1n) is 15.4. The van der Waals surface area contributed by atoms with E-state index >= 15 is 0 Å². The van der Waals surface area contributed by atoms with Gasteiger partial charge in [0.15, 0.2) is 23.9 Å². The van der Waals surface area contributed by atoms with Crippen LogP contribution in [0, 0.1) is 0 Å². The normalized spacial score (nSPS) is 14.4. The number of hydrogen-bond donors (Lipinski definition) is 1. The lowest BCUT2D eigenvalue weighted by molar-refractivity contribution is -0.377. The number of pyridine rings is 1. The Labute approximate surface area is 288 Å². The van der Waals surface area contributed by atoms with Gasteiger partial charge in [-0.15, -0.1) is 11.3 Å². The van der Waals surface area contributed by atoms with Crippen molar-refractivity contribution in [2.75, 3.05) is 40.5 Å². The molecule has 248 valence electrons. The second-order valence-electron chi connectivity index (χ2n) is 11.0. The quantitative estimate of drug-likeness (QED) is 0.141. The zero-order chi connectivity index (χ0) is 33.2. The van der Waals surface area contributed by atoms with Crippen LogP contribution in [0.25, 0.3) is 0 Å². The number of carbonyl (C=O) groups excluding carboxylic acids is 2. The number of aromatic nitrogens is 1. The molecule has 0 spiro atoms. The van der Waals surface area contributed by atoms with Crippen molar-refractivity contribution in [3.8, 4) is 11.5 Å². The van der Waals surface area contributed by atoms with Crippen molar-refractivity contribution in [2.24, 2.45) is 0 Å². The molecule has 2 aromatic carbocycles. The molecule has 0 amide bonds. The molecule has 1 saturated heterocycles. The van der Waals surface area contributed by atoms with Gasteiger partial charge in [0.25, 0.3) is 0 Å². The summed E-state index contributed by atoms with van der Waals surface area (Å²) in [6.45, 7) is 3.52. The summed E-state index contributed by atoms with van der Waals surface area (Å²) in [6.07, 6.45) is 5.11. The number of rotatable bonds is 15. The molecule has 2 atom stereocenters. The van der Waals surface area contributed by atoms with Gasteiger partial charge in [0.2, 0.25) is 0 Å². The van der Waals surface area contributed by atoms with Gasteiger partial charge in [-0.25, -0.2) is 14.6 Å². The van der Waals surface area contributed by atoms with E-state index in [2.05, 4.69) is 15.2 Å². The van der Waals surface area contributed by atoms with E-state index in [1.165, 1.54) is 24.2 Å². The maximum atomic E-state index is 13.5. The number of likely N-dealkylation sites (tertiary alicyclic amines) is 1. The van der Waals surface area contributed by atoms with Gasteiger partial charge in [-0.3, -0.25) is 10.2 Å². The molecule has 2 N–H and O–H groups in total. The fraction of sp³-hybridized carbons (Fsp3) is 0.343. The summed E-state index contributed by atoms with van der Waals surface area (Å²) < 4.78 is 22.7. The number of esters is 2. The van der Waals surface area contributed by atoms with E-state index in [1.807, 2.05) is 42.5 Å². The highest BCUT2D eigenvalue weighted by Crippen LogP contribution is 2.35. The van der Waals surface area contributed by atoms with Crippen molar-refractivity contribution >= 4 is 46.5 Å². The first-order chi connectivity index (χ1) is 22.9. The molecule has 0 bridgehead atoms. The van der Waals surface area contributed by atoms with Gasteiger partial charge < -0.3 is 18.9 Å². The third kappa shape index (κ3) is 9.24. The van der Waals surface area contributed by atoms with E-state index in [0.717, 1.165) is 30.1 Å². The maximum Gasteiger partial charge on any atom is 0.348 e. The Kier molecular flexibility index (Phi) is 12.5. The Morgan fingerprint density at radius 3 is 2.36 bits per heavy atom. The van der Waals surface area contributed by atoms with E-state index in [0.29, 0.717) is 50.7 Å². The van der Waals surface area contributed by atoms with Crippen LogP contribution in [0.2, 0.25) is 10.0 Å². The number of carbonyl (C=O) groups is 2. The SMILES string of the molecule is COc1ccc([C@H](Cc2c(Cl)c[nH+]cc2Cl)OC(=O)c2ccc(CNC(C(=O)OCCN3CCCC3)c3ccccc3)s2)cc1OC. The zero-order valence-corrected chi connectivity index (χ0v) is 28.6. The number of aromatic amines is 1. The molecule has 1 fully saturated rings. The van der Waals surface area contributed by atoms with Crippen LogP contribution in [-0.4, -0.2) is 57.3 Å². The van der Waals surface area contributed by atoms with Gasteiger partial charge in [-0.2, -0.15) is 0 Å². The van der Waals surface area contributed by atoms with Crippen LogP contribution < -0.4 is 19.8 Å². The van der Waals surface area contributed by atoms with Gasteiger partial charge in [-0.1, -0.05) is 59.6 Å². The monoisotopic (exact) mass is 698 g/mol. The number of benzene rings is 2. The van der Waals surface area contributed by atoms with Crippen LogP contribution in [0.15, 0.2) is 73.1 Å². The van der Waals surface area contributed by atoms with E-state index < -0.39 is 18.1 Å². The molecular formula is C35H38Cl2N3O6S+. The maximum absolute atomic E-state index is 13.5. The highest BCUT2D eigenvalue weighted by atomic mass is 35.5. The summed E-state index contributed by atoms with van der Waals surface area (Å²) in [5.74, 6) is 0.208. The molecule has 1 unspecified atom stereocenters. The van der Waals surface area contributed by atoms with Crippen LogP contribution in [0.1, 0.15) is 56.2 Å². The second kappa shape index (κ2) is 16.9. The molecule has 0 radical (unpaired) electrons. The highest BCUT2D eigenvalue weighted by Gasteiger charge is 2.26. The molecule has 0 aliphatic carbocycles. The smallest absolute Gasteiger partial charge is 0.348 e. The van der Waals surface area contributed by atoms with E-state index in [4.69, 9.17) is 42.1 Å². The van der Waals surface area contributed by atoms with Gasteiger partial charge >= 0.3 is 11.9 Å². The first-order valence-corrected chi connectivity index (χ1v) is 17.0. The Balaban J connectivity index is 1.28. The minimum atomic E-state index is -0.735. The average molecular weight is 700 g/mol. The third-order valence-corrected chi connectivity index (χ3v) is 9.72. The zero-order valence-electron chi connectivity index (χ0n) is 26.3. The molecule has 5 rings (SSSR count). The summed E-state index contributed by atoms with van der Waals surface area (Å²) in [6, 6.07) is 17.7. The number of halogens is 2. The molecule has 3 heterocycles. The van der Waals surface area contributed by atoms with Crippen molar-refractivity contribution in [1.82, 2.24) is 10.2 Å². The number of hydrogen-bond acceptors (Lipinski definition) is 9.